The lowest BCUT2D eigenvalue weighted by Gasteiger charge is -2.17. The highest BCUT2D eigenvalue weighted by Gasteiger charge is 2.59. The molecule has 2 aromatic rings. The minimum atomic E-state index is -0.240. The van der Waals surface area contributed by atoms with E-state index in [0.717, 1.165) is 6.42 Å². The number of rotatable bonds is 4. The molecule has 0 unspecified atom stereocenters. The Morgan fingerprint density at radius 1 is 1.04 bits per heavy atom. The normalized spacial score (nSPS) is 28.1. The van der Waals surface area contributed by atoms with Gasteiger partial charge in [0.25, 0.3) is 5.91 Å². The molecular weight excluding hydrogens is 344 g/mol. The number of hydrogen-bond acceptors (Lipinski definition) is 4. The number of nitrogens with zero attached hydrogens (tertiary/aromatic N) is 1. The molecule has 27 heavy (non-hydrogen) atoms. The molecule has 2 aliphatic carbocycles. The van der Waals surface area contributed by atoms with Gasteiger partial charge in [-0.1, -0.05) is 12.2 Å². The molecule has 1 N–H and O–H groups in total. The third kappa shape index (κ3) is 2.44. The highest BCUT2D eigenvalue weighted by Crippen LogP contribution is 2.53. The first-order valence-electron chi connectivity index (χ1n) is 9.10. The Morgan fingerprint density at radius 3 is 2.30 bits per heavy atom. The summed E-state index contributed by atoms with van der Waals surface area (Å²) in [6.07, 6.45) is 6.62. The fraction of sp³-hybridized carbons (Fsp3) is 0.286. The molecule has 1 aliphatic heterocycles. The van der Waals surface area contributed by atoms with E-state index in [0.29, 0.717) is 23.6 Å². The van der Waals surface area contributed by atoms with Gasteiger partial charge in [-0.2, -0.15) is 0 Å². The van der Waals surface area contributed by atoms with Crippen LogP contribution >= 0.6 is 0 Å². The lowest BCUT2D eigenvalue weighted by atomic mass is 9.85. The van der Waals surface area contributed by atoms with Gasteiger partial charge in [0.05, 0.1) is 30.3 Å². The number of benzene rings is 1. The largest absolute Gasteiger partial charge is 0.467 e. The molecule has 2 heterocycles. The number of fused-ring (bicyclic) bond motifs is 5. The molecule has 1 aromatic carbocycles. The zero-order valence-corrected chi connectivity index (χ0v) is 14.5. The molecule has 6 heteroatoms. The number of nitrogens with one attached hydrogen (secondary N) is 1. The number of amides is 3. The van der Waals surface area contributed by atoms with Crippen molar-refractivity contribution in [3.8, 4) is 0 Å². The van der Waals surface area contributed by atoms with E-state index >= 15 is 0 Å². The van der Waals surface area contributed by atoms with Crippen LogP contribution in [0.3, 0.4) is 0 Å². The Hall–Kier alpha value is -3.15. The van der Waals surface area contributed by atoms with Crippen molar-refractivity contribution in [2.45, 2.75) is 13.0 Å². The molecule has 0 spiro atoms. The minimum Gasteiger partial charge on any atom is -0.467 e. The molecule has 136 valence electrons. The second-order valence-electron chi connectivity index (χ2n) is 7.32. The molecule has 1 saturated carbocycles. The Labute approximate surface area is 155 Å². The Bertz CT molecular complexity index is 915. The minimum absolute atomic E-state index is 0.114. The quantitative estimate of drug-likeness (QED) is 0.670. The maximum atomic E-state index is 12.8. The van der Waals surface area contributed by atoms with Gasteiger partial charge in [0, 0.05) is 5.56 Å². The molecule has 6 nitrogen and oxygen atoms in total. The zero-order valence-electron chi connectivity index (χ0n) is 14.5. The number of allylic oxidation sites excluding steroid dienone is 2. The lowest BCUT2D eigenvalue weighted by Crippen LogP contribution is -2.32. The fourth-order valence-electron chi connectivity index (χ4n) is 4.60. The summed E-state index contributed by atoms with van der Waals surface area (Å²) >= 11 is 0. The average Bonchev–Trinajstić information content (AvgIpc) is 3.45. The SMILES string of the molecule is O=C(NCc1ccco1)c1ccc(N2C(=O)[C@@H]3[C@@H](C2=O)[C@H]2C=C[C@H]3C2)cc1. The summed E-state index contributed by atoms with van der Waals surface area (Å²) in [7, 11) is 0. The highest BCUT2D eigenvalue weighted by atomic mass is 16.3. The maximum Gasteiger partial charge on any atom is 0.251 e. The molecule has 2 fully saturated rings. The second kappa shape index (κ2) is 5.94. The smallest absolute Gasteiger partial charge is 0.251 e. The van der Waals surface area contributed by atoms with Crippen LogP contribution in [0.15, 0.2) is 59.2 Å². The number of anilines is 1. The molecule has 0 radical (unpaired) electrons. The Morgan fingerprint density at radius 2 is 1.70 bits per heavy atom. The molecular formula is C21H18N2O4. The van der Waals surface area contributed by atoms with Crippen LogP contribution in [0.5, 0.6) is 0 Å². The summed E-state index contributed by atoms with van der Waals surface area (Å²) in [5, 5.41) is 2.77. The van der Waals surface area contributed by atoms with Gasteiger partial charge in [-0.3, -0.25) is 19.3 Å². The summed E-state index contributed by atoms with van der Waals surface area (Å²) in [6.45, 7) is 0.301. The summed E-state index contributed by atoms with van der Waals surface area (Å²) in [4.78, 5) is 39.2. The highest BCUT2D eigenvalue weighted by molar-refractivity contribution is 6.22. The van der Waals surface area contributed by atoms with Crippen molar-refractivity contribution in [3.05, 3.63) is 66.1 Å². The van der Waals surface area contributed by atoms with E-state index in [1.165, 1.54) is 4.90 Å². The van der Waals surface area contributed by atoms with Gasteiger partial charge >= 0.3 is 0 Å². The molecule has 2 bridgehead atoms. The van der Waals surface area contributed by atoms with E-state index in [1.54, 1.807) is 42.7 Å². The summed E-state index contributed by atoms with van der Waals surface area (Å²) in [5.41, 5.74) is 0.993. The second-order valence-corrected chi connectivity index (χ2v) is 7.32. The summed E-state index contributed by atoms with van der Waals surface area (Å²) in [5.74, 6) is 0.140. The van der Waals surface area contributed by atoms with Crippen LogP contribution in [0.1, 0.15) is 22.5 Å². The topological polar surface area (TPSA) is 79.6 Å². The number of imide groups is 1. The third-order valence-electron chi connectivity index (χ3n) is 5.86. The Balaban J connectivity index is 1.31. The van der Waals surface area contributed by atoms with Crippen molar-refractivity contribution in [1.29, 1.82) is 0 Å². The van der Waals surface area contributed by atoms with Crippen LogP contribution in [0.2, 0.25) is 0 Å². The van der Waals surface area contributed by atoms with Crippen LogP contribution in [0.25, 0.3) is 0 Å². The number of carbonyl (C=O) groups is 3. The standard InChI is InChI=1S/C21H18N2O4/c24-19(22-11-16-2-1-9-27-16)12-5-7-15(8-6-12)23-20(25)17-13-3-4-14(10-13)18(17)21(23)26/h1-9,13-14,17-18H,10-11H2,(H,22,24)/t13-,14-,17-,18-/m0/s1. The summed E-state index contributed by atoms with van der Waals surface area (Å²) in [6, 6.07) is 10.1. The van der Waals surface area contributed by atoms with E-state index in [-0.39, 0.29) is 41.4 Å². The van der Waals surface area contributed by atoms with Gasteiger partial charge < -0.3 is 9.73 Å². The van der Waals surface area contributed by atoms with Gasteiger partial charge in [0.2, 0.25) is 11.8 Å². The van der Waals surface area contributed by atoms with Crippen LogP contribution in [-0.2, 0) is 16.1 Å². The van der Waals surface area contributed by atoms with Crippen molar-refractivity contribution >= 4 is 23.4 Å². The van der Waals surface area contributed by atoms with Crippen LogP contribution < -0.4 is 10.2 Å². The van der Waals surface area contributed by atoms with E-state index in [4.69, 9.17) is 4.42 Å². The first-order valence-corrected chi connectivity index (χ1v) is 9.10. The molecule has 1 aromatic heterocycles. The first-order chi connectivity index (χ1) is 13.1. The van der Waals surface area contributed by atoms with Gasteiger partial charge in [0.1, 0.15) is 5.76 Å². The van der Waals surface area contributed by atoms with Crippen LogP contribution in [0, 0.1) is 23.7 Å². The van der Waals surface area contributed by atoms with Crippen LogP contribution in [0.4, 0.5) is 5.69 Å². The zero-order chi connectivity index (χ0) is 18.5. The fourth-order valence-corrected chi connectivity index (χ4v) is 4.60. The first kappa shape index (κ1) is 16.1. The predicted octanol–water partition coefficient (Wildman–Crippen LogP) is 2.52. The van der Waals surface area contributed by atoms with Crippen molar-refractivity contribution in [3.63, 3.8) is 0 Å². The van der Waals surface area contributed by atoms with E-state index in [1.807, 2.05) is 0 Å². The van der Waals surface area contributed by atoms with Crippen molar-refractivity contribution < 1.29 is 18.8 Å². The van der Waals surface area contributed by atoms with Crippen molar-refractivity contribution in [2.75, 3.05) is 4.90 Å². The van der Waals surface area contributed by atoms with Gasteiger partial charge in [-0.05, 0) is 54.7 Å². The van der Waals surface area contributed by atoms with Crippen molar-refractivity contribution in [1.82, 2.24) is 5.32 Å². The molecule has 3 aliphatic rings. The van der Waals surface area contributed by atoms with Gasteiger partial charge in [-0.25, -0.2) is 0 Å². The number of furan rings is 1. The number of carbonyl (C=O) groups excluding carboxylic acids is 3. The molecule has 4 atom stereocenters. The predicted molar refractivity (Wildman–Crippen MR) is 96.5 cm³/mol. The van der Waals surface area contributed by atoms with Crippen molar-refractivity contribution in [2.24, 2.45) is 23.7 Å². The maximum absolute atomic E-state index is 12.8. The van der Waals surface area contributed by atoms with Gasteiger partial charge in [0.15, 0.2) is 0 Å². The monoisotopic (exact) mass is 362 g/mol. The van der Waals surface area contributed by atoms with E-state index in [9.17, 15) is 14.4 Å². The molecule has 1 saturated heterocycles. The average molecular weight is 362 g/mol. The summed E-state index contributed by atoms with van der Waals surface area (Å²) < 4.78 is 5.19. The van der Waals surface area contributed by atoms with E-state index < -0.39 is 0 Å². The number of hydrogen-bond donors (Lipinski definition) is 1. The molecule has 5 rings (SSSR count). The van der Waals surface area contributed by atoms with Crippen LogP contribution in [-0.4, -0.2) is 17.7 Å². The van der Waals surface area contributed by atoms with E-state index in [2.05, 4.69) is 17.5 Å². The Kier molecular flexibility index (Phi) is 3.53. The molecule has 3 amide bonds. The van der Waals surface area contributed by atoms with Gasteiger partial charge in [-0.15, -0.1) is 0 Å². The lowest BCUT2D eigenvalue weighted by molar-refractivity contribution is -0.123. The third-order valence-corrected chi connectivity index (χ3v) is 5.86.